The van der Waals surface area contributed by atoms with E-state index in [2.05, 4.69) is 17.2 Å². The minimum Gasteiger partial charge on any atom is -0.380 e. The molecule has 1 fully saturated rings. The summed E-state index contributed by atoms with van der Waals surface area (Å²) in [5.74, 6) is 0.732. The van der Waals surface area contributed by atoms with E-state index in [0.29, 0.717) is 24.8 Å². The van der Waals surface area contributed by atoms with Crippen molar-refractivity contribution in [2.75, 3.05) is 20.3 Å². The SMILES string of the molecule is C=C(NCc1cc(COC)ccc1C1(F)COC1)NC(C)C. The van der Waals surface area contributed by atoms with Crippen molar-refractivity contribution in [3.8, 4) is 0 Å². The topological polar surface area (TPSA) is 42.5 Å². The third-order valence-corrected chi connectivity index (χ3v) is 3.58. The van der Waals surface area contributed by atoms with Gasteiger partial charge in [-0.25, -0.2) is 4.39 Å². The van der Waals surface area contributed by atoms with Crippen molar-refractivity contribution in [2.45, 2.75) is 38.7 Å². The molecule has 0 amide bonds. The highest BCUT2D eigenvalue weighted by atomic mass is 19.1. The van der Waals surface area contributed by atoms with Crippen LogP contribution in [0.4, 0.5) is 4.39 Å². The Morgan fingerprint density at radius 2 is 2.18 bits per heavy atom. The molecule has 5 heteroatoms. The number of hydrogen-bond donors (Lipinski definition) is 2. The van der Waals surface area contributed by atoms with Gasteiger partial charge in [0, 0.05) is 19.7 Å². The molecule has 1 aromatic rings. The van der Waals surface area contributed by atoms with Crippen molar-refractivity contribution in [1.82, 2.24) is 10.6 Å². The minimum atomic E-state index is -1.38. The fraction of sp³-hybridized carbons (Fsp3) is 0.529. The van der Waals surface area contributed by atoms with Crippen LogP contribution >= 0.6 is 0 Å². The molecule has 2 rings (SSSR count). The van der Waals surface area contributed by atoms with E-state index in [0.717, 1.165) is 16.9 Å². The van der Waals surface area contributed by atoms with Crippen molar-refractivity contribution in [1.29, 1.82) is 0 Å². The highest BCUT2D eigenvalue weighted by molar-refractivity contribution is 5.37. The molecule has 0 atom stereocenters. The second kappa shape index (κ2) is 7.11. The zero-order chi connectivity index (χ0) is 16.2. The minimum absolute atomic E-state index is 0.120. The molecule has 0 spiro atoms. The molecular formula is C17H25FN2O2. The number of benzene rings is 1. The molecular weight excluding hydrogens is 283 g/mol. The van der Waals surface area contributed by atoms with Crippen molar-refractivity contribution in [3.63, 3.8) is 0 Å². The molecule has 122 valence electrons. The average Bonchev–Trinajstić information content (AvgIpc) is 2.42. The van der Waals surface area contributed by atoms with Gasteiger partial charge in [-0.3, -0.25) is 0 Å². The standard InChI is InChI=1S/C17H25FN2O2/c1-12(2)20-13(3)19-8-15-7-14(9-21-4)5-6-16(15)17(18)10-22-11-17/h5-7,12,19-20H,3,8-11H2,1-2,4H3. The van der Waals surface area contributed by atoms with Crippen molar-refractivity contribution in [3.05, 3.63) is 47.3 Å². The average molecular weight is 308 g/mol. The van der Waals surface area contributed by atoms with E-state index in [9.17, 15) is 4.39 Å². The lowest BCUT2D eigenvalue weighted by atomic mass is 9.88. The number of rotatable bonds is 8. The van der Waals surface area contributed by atoms with Gasteiger partial charge in [-0.2, -0.15) is 0 Å². The molecule has 1 aliphatic heterocycles. The van der Waals surface area contributed by atoms with Gasteiger partial charge in [0.1, 0.15) is 0 Å². The van der Waals surface area contributed by atoms with Gasteiger partial charge in [-0.1, -0.05) is 24.8 Å². The van der Waals surface area contributed by atoms with Gasteiger partial charge in [0.15, 0.2) is 5.67 Å². The molecule has 0 radical (unpaired) electrons. The molecule has 1 aliphatic rings. The van der Waals surface area contributed by atoms with Gasteiger partial charge in [0.05, 0.1) is 25.6 Å². The summed E-state index contributed by atoms with van der Waals surface area (Å²) in [6, 6.07) is 6.02. The number of alkyl halides is 1. The van der Waals surface area contributed by atoms with Crippen LogP contribution in [0.1, 0.15) is 30.5 Å². The molecule has 0 saturated carbocycles. The van der Waals surface area contributed by atoms with E-state index in [1.54, 1.807) is 7.11 Å². The lowest BCUT2D eigenvalue weighted by Gasteiger charge is -2.35. The highest BCUT2D eigenvalue weighted by Gasteiger charge is 2.42. The largest absolute Gasteiger partial charge is 0.380 e. The highest BCUT2D eigenvalue weighted by Crippen LogP contribution is 2.36. The number of ether oxygens (including phenoxy) is 2. The first-order chi connectivity index (χ1) is 10.4. The lowest BCUT2D eigenvalue weighted by Crippen LogP contribution is -2.43. The molecule has 0 aromatic heterocycles. The molecule has 0 bridgehead atoms. The molecule has 1 aromatic carbocycles. The Morgan fingerprint density at radius 3 is 2.73 bits per heavy atom. The molecule has 2 N–H and O–H groups in total. The fourth-order valence-electron chi connectivity index (χ4n) is 2.53. The van der Waals surface area contributed by atoms with Gasteiger partial charge in [0.25, 0.3) is 0 Å². The zero-order valence-corrected chi connectivity index (χ0v) is 13.5. The third-order valence-electron chi connectivity index (χ3n) is 3.58. The van der Waals surface area contributed by atoms with Crippen LogP contribution in [0.25, 0.3) is 0 Å². The predicted molar refractivity (Wildman–Crippen MR) is 85.0 cm³/mol. The Balaban J connectivity index is 2.14. The van der Waals surface area contributed by atoms with Crippen molar-refractivity contribution < 1.29 is 13.9 Å². The van der Waals surface area contributed by atoms with Crippen LogP contribution in [-0.2, 0) is 28.3 Å². The van der Waals surface area contributed by atoms with Crippen LogP contribution in [-0.4, -0.2) is 26.4 Å². The van der Waals surface area contributed by atoms with Crippen LogP contribution < -0.4 is 10.6 Å². The Kier molecular flexibility index (Phi) is 5.42. The summed E-state index contributed by atoms with van der Waals surface area (Å²) < 4.78 is 24.9. The van der Waals surface area contributed by atoms with Gasteiger partial charge >= 0.3 is 0 Å². The van der Waals surface area contributed by atoms with E-state index in [1.165, 1.54) is 0 Å². The first-order valence-electron chi connectivity index (χ1n) is 7.52. The fourth-order valence-corrected chi connectivity index (χ4v) is 2.53. The summed E-state index contributed by atoms with van der Waals surface area (Å²) in [5, 5.41) is 6.40. The van der Waals surface area contributed by atoms with E-state index in [4.69, 9.17) is 9.47 Å². The molecule has 0 aliphatic carbocycles. The number of methoxy groups -OCH3 is 1. The summed E-state index contributed by atoms with van der Waals surface area (Å²) in [6.45, 7) is 9.27. The lowest BCUT2D eigenvalue weighted by molar-refractivity contribution is -0.135. The molecule has 1 heterocycles. The van der Waals surface area contributed by atoms with Crippen molar-refractivity contribution >= 4 is 0 Å². The van der Waals surface area contributed by atoms with Crippen LogP contribution in [0.5, 0.6) is 0 Å². The molecule has 4 nitrogen and oxygen atoms in total. The number of halogens is 1. The Bertz CT molecular complexity index is 527. The quantitative estimate of drug-likeness (QED) is 0.775. The van der Waals surface area contributed by atoms with E-state index in [1.807, 2.05) is 32.0 Å². The molecule has 1 saturated heterocycles. The Labute approximate surface area is 131 Å². The van der Waals surface area contributed by atoms with Gasteiger partial charge in [0.2, 0.25) is 0 Å². The van der Waals surface area contributed by atoms with Crippen LogP contribution in [0.15, 0.2) is 30.6 Å². The monoisotopic (exact) mass is 308 g/mol. The predicted octanol–water partition coefficient (Wildman–Crippen LogP) is 2.59. The number of hydrogen-bond acceptors (Lipinski definition) is 4. The van der Waals surface area contributed by atoms with Gasteiger partial charge in [-0.05, 0) is 30.5 Å². The van der Waals surface area contributed by atoms with Crippen LogP contribution in [0.3, 0.4) is 0 Å². The summed E-state index contributed by atoms with van der Waals surface area (Å²) >= 11 is 0. The summed E-state index contributed by atoms with van der Waals surface area (Å²) in [4.78, 5) is 0. The summed E-state index contributed by atoms with van der Waals surface area (Å²) in [7, 11) is 1.65. The van der Waals surface area contributed by atoms with Crippen LogP contribution in [0.2, 0.25) is 0 Å². The molecule has 22 heavy (non-hydrogen) atoms. The maximum atomic E-state index is 14.7. The zero-order valence-electron chi connectivity index (χ0n) is 13.5. The summed E-state index contributed by atoms with van der Waals surface area (Å²) in [5.41, 5.74) is 1.24. The Hall–Kier alpha value is -1.59. The number of nitrogens with one attached hydrogen (secondary N) is 2. The maximum Gasteiger partial charge on any atom is 0.182 e. The first-order valence-corrected chi connectivity index (χ1v) is 7.52. The Morgan fingerprint density at radius 1 is 1.45 bits per heavy atom. The maximum absolute atomic E-state index is 14.7. The van der Waals surface area contributed by atoms with E-state index in [-0.39, 0.29) is 13.2 Å². The second-order valence-electron chi connectivity index (χ2n) is 6.01. The van der Waals surface area contributed by atoms with Gasteiger partial charge < -0.3 is 20.1 Å². The normalized spacial score (nSPS) is 16.2. The molecule has 0 unspecified atom stereocenters. The van der Waals surface area contributed by atoms with Crippen LogP contribution in [0, 0.1) is 0 Å². The summed E-state index contributed by atoms with van der Waals surface area (Å²) in [6.07, 6.45) is 0. The third kappa shape index (κ3) is 3.99. The van der Waals surface area contributed by atoms with E-state index < -0.39 is 5.67 Å². The second-order valence-corrected chi connectivity index (χ2v) is 6.01. The first kappa shape index (κ1) is 16.8. The van der Waals surface area contributed by atoms with Crippen molar-refractivity contribution in [2.24, 2.45) is 0 Å². The van der Waals surface area contributed by atoms with Gasteiger partial charge in [-0.15, -0.1) is 0 Å². The van der Waals surface area contributed by atoms with E-state index >= 15 is 0 Å². The smallest absolute Gasteiger partial charge is 0.182 e.